The molecule has 0 spiro atoms. The van der Waals surface area contributed by atoms with Crippen LogP contribution in [0.1, 0.15) is 19.4 Å². The van der Waals surface area contributed by atoms with E-state index in [1.807, 2.05) is 0 Å². The number of urea groups is 1. The maximum absolute atomic E-state index is 13.4. The van der Waals surface area contributed by atoms with Crippen LogP contribution in [-0.2, 0) is 11.2 Å². The summed E-state index contributed by atoms with van der Waals surface area (Å²) in [6, 6.07) is 2.11. The van der Waals surface area contributed by atoms with Gasteiger partial charge in [-0.05, 0) is 37.1 Å². The normalized spacial score (nSPS) is 22.7. The second-order valence-electron chi connectivity index (χ2n) is 4.82. The zero-order valence-corrected chi connectivity index (χ0v) is 11.2. The molecule has 0 aromatic heterocycles. The fourth-order valence-electron chi connectivity index (χ4n) is 2.04. The highest BCUT2D eigenvalue weighted by Gasteiger charge is 2.64. The van der Waals surface area contributed by atoms with Crippen LogP contribution in [0.2, 0.25) is 0 Å². The molecule has 0 aliphatic carbocycles. The summed E-state index contributed by atoms with van der Waals surface area (Å²) >= 11 is 0. The lowest BCUT2D eigenvalue weighted by Gasteiger charge is -2.24. The maximum atomic E-state index is 13.4. The third-order valence-corrected chi connectivity index (χ3v) is 3.43. The van der Waals surface area contributed by atoms with Crippen molar-refractivity contribution in [3.05, 3.63) is 29.6 Å². The van der Waals surface area contributed by atoms with Gasteiger partial charge in [-0.3, -0.25) is 4.79 Å². The minimum Gasteiger partial charge on any atom is -0.315 e. The number of hydrogen-bond donors (Lipinski definition) is 1. The lowest BCUT2D eigenvalue weighted by atomic mass is 10.0. The van der Waals surface area contributed by atoms with E-state index in [-0.39, 0.29) is 17.7 Å². The first-order chi connectivity index (χ1) is 9.61. The van der Waals surface area contributed by atoms with E-state index in [4.69, 9.17) is 0 Å². The van der Waals surface area contributed by atoms with Crippen LogP contribution in [0.5, 0.6) is 0 Å². The van der Waals surface area contributed by atoms with Gasteiger partial charge >= 0.3 is 12.2 Å². The first-order valence-corrected chi connectivity index (χ1v) is 6.13. The highest BCUT2D eigenvalue weighted by molar-refractivity contribution is 6.23. The molecule has 8 heteroatoms. The van der Waals surface area contributed by atoms with Crippen molar-refractivity contribution in [2.45, 2.75) is 32.0 Å². The Hall–Kier alpha value is -2.12. The van der Waals surface area contributed by atoms with E-state index in [9.17, 15) is 27.2 Å². The SMILES string of the molecule is CCc1cc(N2C(=O)NC(C)(C(F)(F)F)C2=O)ccc1F. The van der Waals surface area contributed by atoms with E-state index in [0.29, 0.717) is 11.8 Å². The second kappa shape index (κ2) is 4.71. The molecule has 114 valence electrons. The Balaban J connectivity index is 2.47. The molecule has 1 aliphatic heterocycles. The molecule has 1 heterocycles. The molecule has 1 aromatic rings. The zero-order valence-electron chi connectivity index (χ0n) is 11.2. The average Bonchev–Trinajstić information content (AvgIpc) is 2.62. The van der Waals surface area contributed by atoms with E-state index >= 15 is 0 Å². The molecule has 0 bridgehead atoms. The minimum atomic E-state index is -4.93. The van der Waals surface area contributed by atoms with Crippen LogP contribution < -0.4 is 10.2 Å². The van der Waals surface area contributed by atoms with Crippen LogP contribution in [0.15, 0.2) is 18.2 Å². The first kappa shape index (κ1) is 15.3. The van der Waals surface area contributed by atoms with Gasteiger partial charge < -0.3 is 5.32 Å². The Morgan fingerprint density at radius 1 is 1.29 bits per heavy atom. The fraction of sp³-hybridized carbons (Fsp3) is 0.385. The Kier molecular flexibility index (Phi) is 3.43. The first-order valence-electron chi connectivity index (χ1n) is 6.13. The number of halogens is 4. The van der Waals surface area contributed by atoms with Gasteiger partial charge in [0.15, 0.2) is 0 Å². The molecule has 1 fully saturated rings. The molecule has 1 saturated heterocycles. The number of benzene rings is 1. The number of nitrogens with zero attached hydrogens (tertiary/aromatic N) is 1. The molecule has 1 atom stereocenters. The van der Waals surface area contributed by atoms with Crippen LogP contribution in [0, 0.1) is 5.82 Å². The van der Waals surface area contributed by atoms with Gasteiger partial charge in [-0.15, -0.1) is 0 Å². The molecule has 0 saturated carbocycles. The van der Waals surface area contributed by atoms with Gasteiger partial charge in [0.25, 0.3) is 5.91 Å². The number of anilines is 1. The van der Waals surface area contributed by atoms with Gasteiger partial charge in [0.2, 0.25) is 5.54 Å². The van der Waals surface area contributed by atoms with Crippen molar-refractivity contribution in [3.8, 4) is 0 Å². The molecule has 2 rings (SSSR count). The second-order valence-corrected chi connectivity index (χ2v) is 4.82. The lowest BCUT2D eigenvalue weighted by Crippen LogP contribution is -2.56. The van der Waals surface area contributed by atoms with Crippen molar-refractivity contribution >= 4 is 17.6 Å². The van der Waals surface area contributed by atoms with E-state index in [1.54, 1.807) is 12.2 Å². The van der Waals surface area contributed by atoms with Crippen LogP contribution in [-0.4, -0.2) is 23.7 Å². The average molecular weight is 304 g/mol. The standard InChI is InChI=1S/C13H12F4N2O2/c1-3-7-6-8(4-5-9(7)14)19-10(20)12(2,13(15,16)17)18-11(19)21/h4-6H,3H2,1-2H3,(H,18,21). The van der Waals surface area contributed by atoms with Crippen molar-refractivity contribution in [2.75, 3.05) is 4.90 Å². The topological polar surface area (TPSA) is 49.4 Å². The molecule has 0 radical (unpaired) electrons. The van der Waals surface area contributed by atoms with Gasteiger partial charge in [-0.1, -0.05) is 6.92 Å². The number of amides is 3. The molecule has 3 amide bonds. The number of aryl methyl sites for hydroxylation is 1. The highest BCUT2D eigenvalue weighted by Crippen LogP contribution is 2.37. The quantitative estimate of drug-likeness (QED) is 0.674. The van der Waals surface area contributed by atoms with Gasteiger partial charge in [0, 0.05) is 0 Å². The summed E-state index contributed by atoms with van der Waals surface area (Å²) in [7, 11) is 0. The summed E-state index contributed by atoms with van der Waals surface area (Å²) < 4.78 is 52.2. The van der Waals surface area contributed by atoms with Crippen LogP contribution in [0.3, 0.4) is 0 Å². The van der Waals surface area contributed by atoms with Gasteiger partial charge in [0.1, 0.15) is 5.82 Å². The number of rotatable bonds is 2. The summed E-state index contributed by atoms with van der Waals surface area (Å²) in [6.45, 7) is 2.24. The van der Waals surface area contributed by atoms with Crippen LogP contribution >= 0.6 is 0 Å². The number of hydrogen-bond acceptors (Lipinski definition) is 2. The van der Waals surface area contributed by atoms with Crippen LogP contribution in [0.25, 0.3) is 0 Å². The molecule has 1 unspecified atom stereocenters. The van der Waals surface area contributed by atoms with E-state index in [2.05, 4.69) is 0 Å². The summed E-state index contributed by atoms with van der Waals surface area (Å²) in [5.41, 5.74) is -2.87. The maximum Gasteiger partial charge on any atom is 0.420 e. The van der Waals surface area contributed by atoms with E-state index < -0.39 is 29.5 Å². The third kappa shape index (κ3) is 2.24. The summed E-state index contributed by atoms with van der Waals surface area (Å²) in [5.74, 6) is -1.99. The molecule has 4 nitrogen and oxygen atoms in total. The highest BCUT2D eigenvalue weighted by atomic mass is 19.4. The third-order valence-electron chi connectivity index (χ3n) is 3.43. The van der Waals surface area contributed by atoms with Gasteiger partial charge in [-0.25, -0.2) is 14.1 Å². The molecular formula is C13H12F4N2O2. The Morgan fingerprint density at radius 2 is 1.90 bits per heavy atom. The summed E-state index contributed by atoms with van der Waals surface area (Å²) in [6.07, 6.45) is -4.65. The van der Waals surface area contributed by atoms with Crippen molar-refractivity contribution in [1.82, 2.24) is 5.32 Å². The molecule has 21 heavy (non-hydrogen) atoms. The number of nitrogens with one attached hydrogen (secondary N) is 1. The van der Waals surface area contributed by atoms with Crippen molar-refractivity contribution in [2.24, 2.45) is 0 Å². The molecular weight excluding hydrogens is 292 g/mol. The predicted octanol–water partition coefficient (Wildman–Crippen LogP) is 2.77. The number of alkyl halides is 3. The summed E-state index contributed by atoms with van der Waals surface area (Å²) in [4.78, 5) is 24.1. The number of carbonyl (C=O) groups excluding carboxylic acids is 2. The van der Waals surface area contributed by atoms with E-state index in [0.717, 1.165) is 12.1 Å². The van der Waals surface area contributed by atoms with Crippen LogP contribution in [0.4, 0.5) is 28.0 Å². The Morgan fingerprint density at radius 3 is 2.38 bits per heavy atom. The van der Waals surface area contributed by atoms with Crippen molar-refractivity contribution in [3.63, 3.8) is 0 Å². The molecule has 1 aromatic carbocycles. The van der Waals surface area contributed by atoms with Gasteiger partial charge in [0.05, 0.1) is 5.69 Å². The smallest absolute Gasteiger partial charge is 0.315 e. The van der Waals surface area contributed by atoms with Crippen molar-refractivity contribution in [1.29, 1.82) is 0 Å². The monoisotopic (exact) mass is 304 g/mol. The number of imide groups is 1. The summed E-state index contributed by atoms with van der Waals surface area (Å²) in [5, 5.41) is 1.64. The fourth-order valence-corrected chi connectivity index (χ4v) is 2.04. The lowest BCUT2D eigenvalue weighted by molar-refractivity contribution is -0.187. The Labute approximate surface area is 117 Å². The largest absolute Gasteiger partial charge is 0.420 e. The predicted molar refractivity (Wildman–Crippen MR) is 66.3 cm³/mol. The minimum absolute atomic E-state index is 0.0938. The van der Waals surface area contributed by atoms with Crippen molar-refractivity contribution < 1.29 is 27.2 Å². The van der Waals surface area contributed by atoms with Gasteiger partial charge in [-0.2, -0.15) is 13.2 Å². The Bertz CT molecular complexity index is 615. The van der Waals surface area contributed by atoms with E-state index in [1.165, 1.54) is 6.07 Å². The number of carbonyl (C=O) groups is 2. The zero-order chi connectivity index (χ0) is 16.0. The molecule has 1 N–H and O–H groups in total. The molecule has 1 aliphatic rings.